The van der Waals surface area contributed by atoms with E-state index in [4.69, 9.17) is 10.5 Å². The number of ether oxygens (including phenoxy) is 1. The number of H-pyrrole nitrogens is 1. The Morgan fingerprint density at radius 2 is 1.89 bits per heavy atom. The van der Waals surface area contributed by atoms with Crippen LogP contribution in [0.2, 0.25) is 0 Å². The molecule has 1 amide bonds. The number of benzene rings is 2. The Kier molecular flexibility index (Phi) is 7.18. The molecule has 5 rings (SSSR count). The standard InChI is InChI=1S/C28H30FN5O3/c1-18-17-32-26-25(18)24(9-10-31-26)37-23-8-7-19(15-21(23)29)16-22(30)28(36)34-13-11-33(12-14-34)27(35)20-5-3-2-4-6-20/h2-10,15,17,22,27,35H,11-14,16,30H2,1H3,(H,31,32)/t22-,27?/m0/s1. The van der Waals surface area contributed by atoms with Gasteiger partial charge in [-0.05, 0) is 48.2 Å². The fraction of sp³-hybridized carbons (Fsp3) is 0.286. The smallest absolute Gasteiger partial charge is 0.239 e. The molecular formula is C28H30FN5O3. The summed E-state index contributed by atoms with van der Waals surface area (Å²) in [5.41, 5.74) is 9.29. The zero-order valence-corrected chi connectivity index (χ0v) is 20.6. The summed E-state index contributed by atoms with van der Waals surface area (Å²) < 4.78 is 20.8. The Bertz CT molecular complexity index is 1390. The van der Waals surface area contributed by atoms with Gasteiger partial charge in [0, 0.05) is 38.6 Å². The Balaban J connectivity index is 1.18. The van der Waals surface area contributed by atoms with Crippen LogP contribution in [-0.4, -0.2) is 63.0 Å². The fourth-order valence-corrected chi connectivity index (χ4v) is 4.74. The molecular weight excluding hydrogens is 473 g/mol. The maximum absolute atomic E-state index is 14.9. The molecule has 1 aliphatic rings. The van der Waals surface area contributed by atoms with Crippen molar-refractivity contribution in [3.05, 3.63) is 89.5 Å². The van der Waals surface area contributed by atoms with Crippen LogP contribution in [0, 0.1) is 12.7 Å². The molecule has 1 aliphatic heterocycles. The van der Waals surface area contributed by atoms with Crippen molar-refractivity contribution in [2.45, 2.75) is 25.6 Å². The molecule has 1 saturated heterocycles. The number of carbonyl (C=O) groups is 1. The van der Waals surface area contributed by atoms with Crippen LogP contribution in [0.3, 0.4) is 0 Å². The van der Waals surface area contributed by atoms with Gasteiger partial charge in [-0.1, -0.05) is 36.4 Å². The van der Waals surface area contributed by atoms with E-state index < -0.39 is 18.1 Å². The molecule has 4 aromatic rings. The maximum Gasteiger partial charge on any atom is 0.239 e. The van der Waals surface area contributed by atoms with Crippen molar-refractivity contribution in [3.8, 4) is 11.5 Å². The summed E-state index contributed by atoms with van der Waals surface area (Å²) in [7, 11) is 0. The first-order chi connectivity index (χ1) is 17.9. The van der Waals surface area contributed by atoms with Gasteiger partial charge in [0.2, 0.25) is 5.91 Å². The van der Waals surface area contributed by atoms with Gasteiger partial charge < -0.3 is 25.5 Å². The summed E-state index contributed by atoms with van der Waals surface area (Å²) in [5, 5.41) is 11.4. The van der Waals surface area contributed by atoms with Gasteiger partial charge >= 0.3 is 0 Å². The predicted octanol–water partition coefficient (Wildman–Crippen LogP) is 3.51. The maximum atomic E-state index is 14.9. The van der Waals surface area contributed by atoms with Crippen molar-refractivity contribution in [3.63, 3.8) is 0 Å². The Morgan fingerprint density at radius 3 is 2.62 bits per heavy atom. The van der Waals surface area contributed by atoms with E-state index in [0.29, 0.717) is 43.1 Å². The summed E-state index contributed by atoms with van der Waals surface area (Å²) in [6.45, 7) is 3.94. The number of nitrogens with two attached hydrogens (primary N) is 1. The molecule has 2 aromatic heterocycles. The molecule has 0 bridgehead atoms. The van der Waals surface area contributed by atoms with Crippen LogP contribution in [0.5, 0.6) is 11.5 Å². The van der Waals surface area contributed by atoms with Gasteiger partial charge in [-0.3, -0.25) is 9.69 Å². The van der Waals surface area contributed by atoms with Crippen LogP contribution < -0.4 is 10.5 Å². The SMILES string of the molecule is Cc1c[nH]c2nccc(Oc3ccc(C[C@H](N)C(=O)N4CCN(C(O)c5ccccc5)CC4)cc3F)c12. The van der Waals surface area contributed by atoms with Crippen molar-refractivity contribution in [1.29, 1.82) is 0 Å². The highest BCUT2D eigenvalue weighted by Crippen LogP contribution is 2.32. The van der Waals surface area contributed by atoms with E-state index >= 15 is 0 Å². The van der Waals surface area contributed by atoms with Crippen LogP contribution in [0.15, 0.2) is 67.0 Å². The number of fused-ring (bicyclic) bond motifs is 1. The quantitative estimate of drug-likeness (QED) is 0.356. The molecule has 4 N–H and O–H groups in total. The molecule has 0 radical (unpaired) electrons. The largest absolute Gasteiger partial charge is 0.453 e. The zero-order valence-electron chi connectivity index (χ0n) is 20.6. The summed E-state index contributed by atoms with van der Waals surface area (Å²) in [6, 6.07) is 15.0. The molecule has 3 heterocycles. The average Bonchev–Trinajstić information content (AvgIpc) is 3.31. The molecule has 2 aromatic carbocycles. The first-order valence-corrected chi connectivity index (χ1v) is 12.3. The molecule has 2 atom stereocenters. The molecule has 37 heavy (non-hydrogen) atoms. The molecule has 192 valence electrons. The number of piperazine rings is 1. The third-order valence-electron chi connectivity index (χ3n) is 6.79. The normalized spacial score (nSPS) is 16.1. The van der Waals surface area contributed by atoms with Crippen LogP contribution >= 0.6 is 0 Å². The molecule has 0 saturated carbocycles. The molecule has 8 nitrogen and oxygen atoms in total. The summed E-state index contributed by atoms with van der Waals surface area (Å²) in [5.74, 6) is -0.112. The monoisotopic (exact) mass is 503 g/mol. The number of hydrogen-bond donors (Lipinski definition) is 3. The van der Waals surface area contributed by atoms with Crippen molar-refractivity contribution in [1.82, 2.24) is 19.8 Å². The summed E-state index contributed by atoms with van der Waals surface area (Å²) >= 11 is 0. The lowest BCUT2D eigenvalue weighted by Gasteiger charge is -2.38. The van der Waals surface area contributed by atoms with Crippen LogP contribution in [-0.2, 0) is 11.2 Å². The number of amides is 1. The second-order valence-corrected chi connectivity index (χ2v) is 9.33. The van der Waals surface area contributed by atoms with Crippen LogP contribution in [0.4, 0.5) is 4.39 Å². The van der Waals surface area contributed by atoms with E-state index in [1.165, 1.54) is 6.07 Å². The van der Waals surface area contributed by atoms with Gasteiger partial charge in [0.15, 0.2) is 11.6 Å². The highest BCUT2D eigenvalue weighted by Gasteiger charge is 2.28. The molecule has 1 unspecified atom stereocenters. The molecule has 9 heteroatoms. The fourth-order valence-electron chi connectivity index (χ4n) is 4.74. The number of halogens is 1. The van der Waals surface area contributed by atoms with Crippen molar-refractivity contribution >= 4 is 16.9 Å². The number of aromatic nitrogens is 2. The minimum absolute atomic E-state index is 0.0878. The number of aliphatic hydroxyl groups excluding tert-OH is 1. The molecule has 1 fully saturated rings. The van der Waals surface area contributed by atoms with Gasteiger partial charge in [0.25, 0.3) is 0 Å². The van der Waals surface area contributed by atoms with Gasteiger partial charge in [-0.25, -0.2) is 9.37 Å². The minimum Gasteiger partial charge on any atom is -0.453 e. The number of carbonyl (C=O) groups excluding carboxylic acids is 1. The zero-order chi connectivity index (χ0) is 25.9. The van der Waals surface area contributed by atoms with E-state index in [0.717, 1.165) is 16.5 Å². The highest BCUT2D eigenvalue weighted by molar-refractivity contribution is 5.86. The van der Waals surface area contributed by atoms with Gasteiger partial charge in [0.1, 0.15) is 17.6 Å². The van der Waals surface area contributed by atoms with Crippen LogP contribution in [0.1, 0.15) is 22.9 Å². The third-order valence-corrected chi connectivity index (χ3v) is 6.79. The molecule has 0 aliphatic carbocycles. The van der Waals surface area contributed by atoms with E-state index in [-0.39, 0.29) is 18.1 Å². The van der Waals surface area contributed by atoms with E-state index in [2.05, 4.69) is 9.97 Å². The topological polar surface area (TPSA) is 108 Å². The molecule has 0 spiro atoms. The van der Waals surface area contributed by atoms with Crippen LogP contribution in [0.25, 0.3) is 11.0 Å². The third kappa shape index (κ3) is 5.34. The van der Waals surface area contributed by atoms with Crippen molar-refractivity contribution < 1.29 is 19.0 Å². The first kappa shape index (κ1) is 24.9. The summed E-state index contributed by atoms with van der Waals surface area (Å²) in [4.78, 5) is 23.9. The second-order valence-electron chi connectivity index (χ2n) is 9.33. The summed E-state index contributed by atoms with van der Waals surface area (Å²) in [6.07, 6.45) is 2.93. The lowest BCUT2D eigenvalue weighted by Crippen LogP contribution is -2.54. The van der Waals surface area contributed by atoms with Gasteiger partial charge in [0.05, 0.1) is 11.4 Å². The highest BCUT2D eigenvalue weighted by atomic mass is 19.1. The number of aromatic amines is 1. The Labute approximate surface area is 214 Å². The van der Waals surface area contributed by atoms with Gasteiger partial charge in [-0.15, -0.1) is 0 Å². The Morgan fingerprint density at radius 1 is 1.14 bits per heavy atom. The van der Waals surface area contributed by atoms with E-state index in [1.54, 1.807) is 29.3 Å². The predicted molar refractivity (Wildman–Crippen MR) is 139 cm³/mol. The second kappa shape index (κ2) is 10.7. The Hall–Kier alpha value is -3.79. The average molecular weight is 504 g/mol. The number of aryl methyl sites for hydroxylation is 1. The van der Waals surface area contributed by atoms with E-state index in [9.17, 15) is 14.3 Å². The minimum atomic E-state index is -0.793. The number of rotatable bonds is 7. The number of hydrogen-bond acceptors (Lipinski definition) is 6. The van der Waals surface area contributed by atoms with Crippen molar-refractivity contribution in [2.24, 2.45) is 5.73 Å². The number of nitrogens with zero attached hydrogens (tertiary/aromatic N) is 3. The van der Waals surface area contributed by atoms with Crippen molar-refractivity contribution in [2.75, 3.05) is 26.2 Å². The first-order valence-electron chi connectivity index (χ1n) is 12.3. The lowest BCUT2D eigenvalue weighted by atomic mass is 10.0. The number of aliphatic hydroxyl groups is 1. The van der Waals surface area contributed by atoms with Gasteiger partial charge in [-0.2, -0.15) is 0 Å². The van der Waals surface area contributed by atoms with E-state index in [1.807, 2.05) is 48.4 Å². The lowest BCUT2D eigenvalue weighted by molar-refractivity contribution is -0.136. The number of pyridine rings is 1. The number of nitrogens with one attached hydrogen (secondary N) is 1.